The number of benzene rings is 2. The molecule has 1 unspecified atom stereocenters. The lowest BCUT2D eigenvalue weighted by Crippen LogP contribution is -2.24. The molecule has 0 aliphatic heterocycles. The Morgan fingerprint density at radius 3 is 2.71 bits per heavy atom. The molecular formula is C14H16N2O. The number of amides is 1. The van der Waals surface area contributed by atoms with Crippen LogP contribution in [0.25, 0.3) is 10.8 Å². The highest BCUT2D eigenvalue weighted by molar-refractivity contribution is 6.02. The number of fused-ring (bicyclic) bond motifs is 1. The van der Waals surface area contributed by atoms with Crippen molar-refractivity contribution in [1.82, 2.24) is 0 Å². The summed E-state index contributed by atoms with van der Waals surface area (Å²) in [6.07, 6.45) is 0.337. The third kappa shape index (κ3) is 2.82. The van der Waals surface area contributed by atoms with E-state index in [1.807, 2.05) is 49.4 Å². The Kier molecular flexibility index (Phi) is 3.40. The van der Waals surface area contributed by atoms with Crippen molar-refractivity contribution < 1.29 is 4.79 Å². The number of hydrogen-bond acceptors (Lipinski definition) is 2. The molecule has 0 radical (unpaired) electrons. The van der Waals surface area contributed by atoms with E-state index in [4.69, 9.17) is 5.73 Å². The molecular weight excluding hydrogens is 212 g/mol. The van der Waals surface area contributed by atoms with E-state index < -0.39 is 0 Å². The van der Waals surface area contributed by atoms with Gasteiger partial charge in [-0.15, -0.1) is 0 Å². The molecule has 1 amide bonds. The summed E-state index contributed by atoms with van der Waals surface area (Å²) in [5, 5.41) is 5.06. The number of anilines is 1. The molecule has 0 aliphatic carbocycles. The summed E-state index contributed by atoms with van der Waals surface area (Å²) in [4.78, 5) is 11.7. The molecule has 3 heteroatoms. The Balaban J connectivity index is 2.27. The maximum atomic E-state index is 11.7. The smallest absolute Gasteiger partial charge is 0.225 e. The van der Waals surface area contributed by atoms with Crippen LogP contribution in [0.15, 0.2) is 42.5 Å². The van der Waals surface area contributed by atoms with E-state index in [0.29, 0.717) is 6.42 Å². The van der Waals surface area contributed by atoms with Crippen LogP contribution in [0.5, 0.6) is 0 Å². The highest BCUT2D eigenvalue weighted by Crippen LogP contribution is 2.22. The number of nitrogens with one attached hydrogen (secondary N) is 1. The molecule has 0 saturated heterocycles. The van der Waals surface area contributed by atoms with Crippen LogP contribution in [-0.2, 0) is 4.79 Å². The highest BCUT2D eigenvalue weighted by Gasteiger charge is 2.07. The number of nitrogens with two attached hydrogens (primary N) is 1. The molecule has 2 rings (SSSR count). The van der Waals surface area contributed by atoms with Crippen molar-refractivity contribution in [3.8, 4) is 0 Å². The lowest BCUT2D eigenvalue weighted by atomic mass is 10.1. The third-order valence-electron chi connectivity index (χ3n) is 2.57. The van der Waals surface area contributed by atoms with Crippen LogP contribution in [0.2, 0.25) is 0 Å². The minimum absolute atomic E-state index is 0.0450. The second kappa shape index (κ2) is 4.97. The summed E-state index contributed by atoms with van der Waals surface area (Å²) in [6.45, 7) is 1.82. The molecule has 17 heavy (non-hydrogen) atoms. The molecule has 3 N–H and O–H groups in total. The molecule has 0 fully saturated rings. The summed E-state index contributed by atoms with van der Waals surface area (Å²) in [7, 11) is 0. The molecule has 0 bridgehead atoms. The number of hydrogen-bond donors (Lipinski definition) is 2. The summed E-state index contributed by atoms with van der Waals surface area (Å²) in [5.74, 6) is -0.0450. The van der Waals surface area contributed by atoms with E-state index >= 15 is 0 Å². The summed E-state index contributed by atoms with van der Waals surface area (Å²) in [6, 6.07) is 13.7. The van der Waals surface area contributed by atoms with Gasteiger partial charge >= 0.3 is 0 Å². The van der Waals surface area contributed by atoms with Crippen LogP contribution in [0.3, 0.4) is 0 Å². The molecule has 1 atom stereocenters. The van der Waals surface area contributed by atoms with Gasteiger partial charge in [-0.1, -0.05) is 36.4 Å². The molecule has 0 aromatic heterocycles. The molecule has 2 aromatic carbocycles. The van der Waals surface area contributed by atoms with Crippen molar-refractivity contribution >= 4 is 22.4 Å². The Labute approximate surface area is 101 Å². The van der Waals surface area contributed by atoms with Gasteiger partial charge in [0.25, 0.3) is 0 Å². The topological polar surface area (TPSA) is 55.1 Å². The highest BCUT2D eigenvalue weighted by atomic mass is 16.1. The van der Waals surface area contributed by atoms with Crippen molar-refractivity contribution in [1.29, 1.82) is 0 Å². The minimum atomic E-state index is -0.120. The average Bonchev–Trinajstić information content (AvgIpc) is 2.28. The monoisotopic (exact) mass is 228 g/mol. The van der Waals surface area contributed by atoms with Crippen LogP contribution in [0.1, 0.15) is 13.3 Å². The lowest BCUT2D eigenvalue weighted by molar-refractivity contribution is -0.116. The number of carbonyl (C=O) groups is 1. The molecule has 2 aromatic rings. The van der Waals surface area contributed by atoms with E-state index in [-0.39, 0.29) is 11.9 Å². The van der Waals surface area contributed by atoms with Crippen LogP contribution < -0.4 is 11.1 Å². The summed E-state index contributed by atoms with van der Waals surface area (Å²) >= 11 is 0. The molecule has 3 nitrogen and oxygen atoms in total. The molecule has 0 spiro atoms. The fraction of sp³-hybridized carbons (Fsp3) is 0.214. The van der Waals surface area contributed by atoms with Crippen molar-refractivity contribution in [2.45, 2.75) is 19.4 Å². The van der Waals surface area contributed by atoms with Gasteiger partial charge < -0.3 is 11.1 Å². The Bertz CT molecular complexity index is 529. The Morgan fingerprint density at radius 2 is 1.94 bits per heavy atom. The number of carbonyl (C=O) groups excluding carboxylic acids is 1. The molecule has 0 aliphatic rings. The summed E-state index contributed by atoms with van der Waals surface area (Å²) < 4.78 is 0. The standard InChI is InChI=1S/C14H16N2O/c1-10(15)9-14(17)16-13-8-4-6-11-5-2-3-7-12(11)13/h2-8,10H,9,15H2,1H3,(H,16,17). The van der Waals surface area contributed by atoms with Crippen molar-refractivity contribution in [2.75, 3.05) is 5.32 Å². The largest absolute Gasteiger partial charge is 0.327 e. The first-order valence-electron chi connectivity index (χ1n) is 5.70. The van der Waals surface area contributed by atoms with Crippen LogP contribution in [0.4, 0.5) is 5.69 Å². The van der Waals surface area contributed by atoms with E-state index in [2.05, 4.69) is 5.32 Å². The first-order valence-corrected chi connectivity index (χ1v) is 5.70. The number of rotatable bonds is 3. The first kappa shape index (κ1) is 11.6. The third-order valence-corrected chi connectivity index (χ3v) is 2.57. The van der Waals surface area contributed by atoms with Gasteiger partial charge in [0.2, 0.25) is 5.91 Å². The summed E-state index contributed by atoms with van der Waals surface area (Å²) in [5.41, 5.74) is 6.44. The van der Waals surface area contributed by atoms with E-state index in [1.54, 1.807) is 0 Å². The fourth-order valence-corrected chi connectivity index (χ4v) is 1.83. The maximum Gasteiger partial charge on any atom is 0.225 e. The fourth-order valence-electron chi connectivity index (χ4n) is 1.83. The quantitative estimate of drug-likeness (QED) is 0.848. The van der Waals surface area contributed by atoms with Crippen LogP contribution in [-0.4, -0.2) is 11.9 Å². The zero-order valence-electron chi connectivity index (χ0n) is 9.81. The van der Waals surface area contributed by atoms with Gasteiger partial charge in [0.15, 0.2) is 0 Å². The minimum Gasteiger partial charge on any atom is -0.327 e. The lowest BCUT2D eigenvalue weighted by Gasteiger charge is -2.09. The van der Waals surface area contributed by atoms with Gasteiger partial charge in [0.05, 0.1) is 0 Å². The van der Waals surface area contributed by atoms with E-state index in [9.17, 15) is 4.79 Å². The van der Waals surface area contributed by atoms with Gasteiger partial charge in [-0.25, -0.2) is 0 Å². The SMILES string of the molecule is CC(N)CC(=O)Nc1cccc2ccccc12. The van der Waals surface area contributed by atoms with Gasteiger partial charge in [-0.3, -0.25) is 4.79 Å². The first-order chi connectivity index (χ1) is 8.16. The van der Waals surface area contributed by atoms with Crippen molar-refractivity contribution in [2.24, 2.45) is 5.73 Å². The maximum absolute atomic E-state index is 11.7. The van der Waals surface area contributed by atoms with Gasteiger partial charge in [0, 0.05) is 23.5 Å². The van der Waals surface area contributed by atoms with E-state index in [1.165, 1.54) is 0 Å². The van der Waals surface area contributed by atoms with Gasteiger partial charge in [-0.05, 0) is 18.4 Å². The second-order valence-electron chi connectivity index (χ2n) is 4.26. The average molecular weight is 228 g/mol. The predicted molar refractivity (Wildman–Crippen MR) is 70.8 cm³/mol. The predicted octanol–water partition coefficient (Wildman–Crippen LogP) is 2.52. The Hall–Kier alpha value is -1.87. The zero-order valence-corrected chi connectivity index (χ0v) is 9.81. The molecule has 88 valence electrons. The van der Waals surface area contributed by atoms with E-state index in [0.717, 1.165) is 16.5 Å². The van der Waals surface area contributed by atoms with Crippen LogP contribution >= 0.6 is 0 Å². The Morgan fingerprint density at radius 1 is 1.24 bits per heavy atom. The normalized spacial score (nSPS) is 12.4. The van der Waals surface area contributed by atoms with Crippen molar-refractivity contribution in [3.05, 3.63) is 42.5 Å². The zero-order chi connectivity index (χ0) is 12.3. The van der Waals surface area contributed by atoms with Crippen molar-refractivity contribution in [3.63, 3.8) is 0 Å². The van der Waals surface area contributed by atoms with Gasteiger partial charge in [-0.2, -0.15) is 0 Å². The molecule has 0 saturated carbocycles. The van der Waals surface area contributed by atoms with Crippen LogP contribution in [0, 0.1) is 0 Å². The second-order valence-corrected chi connectivity index (χ2v) is 4.26. The molecule has 0 heterocycles. The van der Waals surface area contributed by atoms with Gasteiger partial charge in [0.1, 0.15) is 0 Å².